The zero-order valence-corrected chi connectivity index (χ0v) is 9.85. The number of benzene rings is 1. The predicted molar refractivity (Wildman–Crippen MR) is 60.4 cm³/mol. The van der Waals surface area contributed by atoms with Gasteiger partial charge in [-0.15, -0.1) is 0 Å². The van der Waals surface area contributed by atoms with Crippen molar-refractivity contribution in [3.8, 4) is 0 Å². The average Bonchev–Trinajstić information content (AvgIpc) is 2.71. The van der Waals surface area contributed by atoms with Crippen LogP contribution in [0.2, 0.25) is 0 Å². The Kier molecular flexibility index (Phi) is 3.09. The highest BCUT2D eigenvalue weighted by Gasteiger charge is 2.36. The smallest absolute Gasteiger partial charge is 0.123 e. The van der Waals surface area contributed by atoms with Gasteiger partial charge in [-0.3, -0.25) is 0 Å². The van der Waals surface area contributed by atoms with Crippen LogP contribution in [0, 0.1) is 5.82 Å². The largest absolute Gasteiger partial charge is 0.395 e. The lowest BCUT2D eigenvalue weighted by Crippen LogP contribution is -2.33. The zero-order chi connectivity index (χ0) is 10.9. The summed E-state index contributed by atoms with van der Waals surface area (Å²) in [4.78, 5) is 0. The van der Waals surface area contributed by atoms with Gasteiger partial charge in [-0.2, -0.15) is 0 Å². The van der Waals surface area contributed by atoms with E-state index in [4.69, 9.17) is 0 Å². The molecule has 4 heteroatoms. The van der Waals surface area contributed by atoms with E-state index in [1.165, 1.54) is 12.1 Å². The Bertz CT molecular complexity index is 364. The molecule has 1 saturated heterocycles. The van der Waals surface area contributed by atoms with E-state index in [-0.39, 0.29) is 17.8 Å². The van der Waals surface area contributed by atoms with Crippen LogP contribution in [0.25, 0.3) is 0 Å². The molecule has 0 spiro atoms. The molecule has 2 N–H and O–H groups in total. The van der Waals surface area contributed by atoms with Gasteiger partial charge in [-0.25, -0.2) is 4.39 Å². The minimum absolute atomic E-state index is 0.0437. The molecule has 0 radical (unpaired) electrons. The normalized spacial score (nSPS) is 25.8. The summed E-state index contributed by atoms with van der Waals surface area (Å²) in [7, 11) is 0. The second-order valence-electron chi connectivity index (χ2n) is 3.99. The van der Waals surface area contributed by atoms with Crippen LogP contribution in [0.4, 0.5) is 4.39 Å². The van der Waals surface area contributed by atoms with Gasteiger partial charge in [0.25, 0.3) is 0 Å². The fraction of sp³-hybridized carbons (Fsp3) is 0.455. The Labute approximate surface area is 96.6 Å². The van der Waals surface area contributed by atoms with Gasteiger partial charge in [-0.05, 0) is 36.7 Å². The molecule has 0 bridgehead atoms. The van der Waals surface area contributed by atoms with Crippen molar-refractivity contribution < 1.29 is 9.50 Å². The third-order valence-electron chi connectivity index (χ3n) is 3.05. The van der Waals surface area contributed by atoms with E-state index in [2.05, 4.69) is 21.2 Å². The minimum Gasteiger partial charge on any atom is -0.395 e. The number of hydrogen-bond acceptors (Lipinski definition) is 2. The van der Waals surface area contributed by atoms with Crippen LogP contribution in [-0.4, -0.2) is 24.8 Å². The molecule has 1 atom stereocenters. The highest BCUT2D eigenvalue weighted by Crippen LogP contribution is 2.35. The van der Waals surface area contributed by atoms with Gasteiger partial charge in [0.1, 0.15) is 5.82 Å². The topological polar surface area (TPSA) is 32.3 Å². The lowest BCUT2D eigenvalue weighted by atomic mass is 9.80. The first kappa shape index (κ1) is 11.0. The van der Waals surface area contributed by atoms with E-state index in [0.717, 1.165) is 23.0 Å². The molecule has 0 aromatic heterocycles. The van der Waals surface area contributed by atoms with Gasteiger partial charge in [0.05, 0.1) is 6.61 Å². The molecule has 1 unspecified atom stereocenters. The van der Waals surface area contributed by atoms with Crippen molar-refractivity contribution in [2.24, 2.45) is 0 Å². The van der Waals surface area contributed by atoms with E-state index in [1.807, 2.05) is 0 Å². The predicted octanol–water partition coefficient (Wildman–Crippen LogP) is 1.81. The molecule has 0 amide bonds. The maximum absolute atomic E-state index is 13.2. The van der Waals surface area contributed by atoms with Crippen molar-refractivity contribution in [1.82, 2.24) is 5.32 Å². The minimum atomic E-state index is -0.332. The molecule has 15 heavy (non-hydrogen) atoms. The molecule has 1 fully saturated rings. The zero-order valence-electron chi connectivity index (χ0n) is 8.26. The number of halogens is 2. The molecule has 0 saturated carbocycles. The van der Waals surface area contributed by atoms with Crippen LogP contribution in [0.1, 0.15) is 12.0 Å². The molecule has 1 aliphatic rings. The fourth-order valence-corrected chi connectivity index (χ4v) is 2.76. The molecule has 1 heterocycles. The van der Waals surface area contributed by atoms with Crippen molar-refractivity contribution in [1.29, 1.82) is 0 Å². The van der Waals surface area contributed by atoms with Gasteiger partial charge in [0, 0.05) is 16.4 Å². The summed E-state index contributed by atoms with van der Waals surface area (Å²) in [6.07, 6.45) is 0.839. The van der Waals surface area contributed by atoms with Crippen LogP contribution in [0.5, 0.6) is 0 Å². The summed E-state index contributed by atoms with van der Waals surface area (Å²) >= 11 is 3.41. The fourth-order valence-electron chi connectivity index (χ4n) is 2.10. The first-order valence-corrected chi connectivity index (χ1v) is 5.74. The van der Waals surface area contributed by atoms with Crippen molar-refractivity contribution in [2.45, 2.75) is 11.8 Å². The molecule has 0 aliphatic carbocycles. The van der Waals surface area contributed by atoms with Crippen LogP contribution in [0.15, 0.2) is 22.7 Å². The van der Waals surface area contributed by atoms with Crippen LogP contribution in [0.3, 0.4) is 0 Å². The maximum Gasteiger partial charge on any atom is 0.123 e. The molecule has 1 aromatic rings. The quantitative estimate of drug-likeness (QED) is 0.862. The SMILES string of the molecule is OCC1(c2cc(F)ccc2Br)CCNC1. The number of hydrogen-bond donors (Lipinski definition) is 2. The third-order valence-corrected chi connectivity index (χ3v) is 3.74. The highest BCUT2D eigenvalue weighted by atomic mass is 79.9. The Morgan fingerprint density at radius 1 is 1.53 bits per heavy atom. The first-order chi connectivity index (χ1) is 7.18. The van der Waals surface area contributed by atoms with Crippen LogP contribution in [-0.2, 0) is 5.41 Å². The molecule has 1 aliphatic heterocycles. The number of rotatable bonds is 2. The van der Waals surface area contributed by atoms with Gasteiger partial charge >= 0.3 is 0 Å². The van der Waals surface area contributed by atoms with Crippen molar-refractivity contribution in [3.63, 3.8) is 0 Å². The van der Waals surface area contributed by atoms with E-state index in [1.54, 1.807) is 6.07 Å². The van der Waals surface area contributed by atoms with E-state index >= 15 is 0 Å². The van der Waals surface area contributed by atoms with Crippen molar-refractivity contribution >= 4 is 15.9 Å². The molecule has 2 nitrogen and oxygen atoms in total. The van der Waals surface area contributed by atoms with Gasteiger partial charge < -0.3 is 10.4 Å². The Balaban J connectivity index is 2.46. The number of aliphatic hydroxyl groups is 1. The number of aliphatic hydroxyl groups excluding tert-OH is 1. The van der Waals surface area contributed by atoms with Crippen molar-refractivity contribution in [2.75, 3.05) is 19.7 Å². The summed E-state index contributed by atoms with van der Waals surface area (Å²) < 4.78 is 14.0. The van der Waals surface area contributed by atoms with E-state index < -0.39 is 0 Å². The van der Waals surface area contributed by atoms with Gasteiger partial charge in [0.2, 0.25) is 0 Å². The highest BCUT2D eigenvalue weighted by molar-refractivity contribution is 9.10. The molecular weight excluding hydrogens is 261 g/mol. The summed E-state index contributed by atoms with van der Waals surface area (Å²) in [6.45, 7) is 1.61. The van der Waals surface area contributed by atoms with Crippen LogP contribution >= 0.6 is 15.9 Å². The summed E-state index contributed by atoms with van der Waals surface area (Å²) in [5, 5.41) is 12.7. The molecule has 2 rings (SSSR count). The molecule has 1 aromatic carbocycles. The van der Waals surface area contributed by atoms with Crippen LogP contribution < -0.4 is 5.32 Å². The van der Waals surface area contributed by atoms with Gasteiger partial charge in [0.15, 0.2) is 0 Å². The monoisotopic (exact) mass is 273 g/mol. The lowest BCUT2D eigenvalue weighted by Gasteiger charge is -2.27. The summed E-state index contributed by atoms with van der Waals surface area (Å²) in [5.74, 6) is -0.257. The standard InChI is InChI=1S/C11H13BrFNO/c12-10-2-1-8(13)5-9(10)11(7-15)3-4-14-6-11/h1-2,5,14-15H,3-4,6-7H2. The number of nitrogens with one attached hydrogen (secondary N) is 1. The van der Waals surface area contributed by atoms with Gasteiger partial charge in [-0.1, -0.05) is 15.9 Å². The molecule has 82 valence electrons. The Morgan fingerprint density at radius 2 is 2.33 bits per heavy atom. The Hall–Kier alpha value is -0.450. The van der Waals surface area contributed by atoms with Crippen molar-refractivity contribution in [3.05, 3.63) is 34.1 Å². The Morgan fingerprint density at radius 3 is 2.93 bits per heavy atom. The van der Waals surface area contributed by atoms with E-state index in [9.17, 15) is 9.50 Å². The first-order valence-electron chi connectivity index (χ1n) is 4.95. The second-order valence-corrected chi connectivity index (χ2v) is 4.84. The molecular formula is C11H13BrFNO. The lowest BCUT2D eigenvalue weighted by molar-refractivity contribution is 0.204. The second kappa shape index (κ2) is 4.20. The third kappa shape index (κ3) is 1.94. The maximum atomic E-state index is 13.2. The summed E-state index contributed by atoms with van der Waals surface area (Å²) in [6, 6.07) is 4.62. The van der Waals surface area contributed by atoms with E-state index in [0.29, 0.717) is 6.54 Å². The summed E-state index contributed by atoms with van der Waals surface area (Å²) in [5.41, 5.74) is 0.524. The average molecular weight is 274 g/mol.